The molecule has 0 spiro atoms. The van der Waals surface area contributed by atoms with Crippen molar-refractivity contribution >= 4 is 11.9 Å². The Morgan fingerprint density at radius 3 is 2.31 bits per heavy atom. The van der Waals surface area contributed by atoms with Gasteiger partial charge in [-0.25, -0.2) is 4.98 Å². The molecule has 6 nitrogen and oxygen atoms in total. The summed E-state index contributed by atoms with van der Waals surface area (Å²) in [6.45, 7) is 0. The number of aryl methyl sites for hydroxylation is 1. The third-order valence-electron chi connectivity index (χ3n) is 2.30. The van der Waals surface area contributed by atoms with Crippen LogP contribution >= 0.6 is 0 Å². The second-order valence-electron chi connectivity index (χ2n) is 3.30. The maximum absolute atomic E-state index is 11.4. The molecule has 1 aromatic rings. The van der Waals surface area contributed by atoms with Crippen LogP contribution in [0.2, 0.25) is 0 Å². The zero-order valence-electron chi connectivity index (χ0n) is 9.47. The first-order valence-electron chi connectivity index (χ1n) is 4.71. The van der Waals surface area contributed by atoms with Gasteiger partial charge < -0.3 is 14.0 Å². The fourth-order valence-electron chi connectivity index (χ4n) is 1.34. The van der Waals surface area contributed by atoms with Gasteiger partial charge in [-0.2, -0.15) is 0 Å². The minimum Gasteiger partial charge on any atom is -0.468 e. The Balaban J connectivity index is 2.83. The molecule has 16 heavy (non-hydrogen) atoms. The molecule has 0 bridgehead atoms. The molecule has 0 fully saturated rings. The summed E-state index contributed by atoms with van der Waals surface area (Å²) in [6, 6.07) is 0. The molecule has 1 heterocycles. The van der Waals surface area contributed by atoms with Crippen LogP contribution < -0.4 is 0 Å². The number of hydrogen-bond acceptors (Lipinski definition) is 5. The van der Waals surface area contributed by atoms with E-state index in [0.29, 0.717) is 0 Å². The van der Waals surface area contributed by atoms with E-state index in [0.717, 1.165) is 5.69 Å². The largest absolute Gasteiger partial charge is 0.468 e. The van der Waals surface area contributed by atoms with E-state index < -0.39 is 17.9 Å². The van der Waals surface area contributed by atoms with Crippen molar-refractivity contribution in [2.75, 3.05) is 14.2 Å². The quantitative estimate of drug-likeness (QED) is 0.530. The minimum absolute atomic E-state index is 0.218. The number of esters is 2. The Labute approximate surface area is 93.2 Å². The highest BCUT2D eigenvalue weighted by Crippen LogP contribution is 2.11. The number of aromatic nitrogens is 2. The lowest BCUT2D eigenvalue weighted by molar-refractivity contribution is -0.158. The summed E-state index contributed by atoms with van der Waals surface area (Å²) in [5, 5.41) is 0. The fraction of sp³-hybridized carbons (Fsp3) is 0.500. The highest BCUT2D eigenvalue weighted by atomic mass is 16.5. The Morgan fingerprint density at radius 2 is 1.94 bits per heavy atom. The fourth-order valence-corrected chi connectivity index (χ4v) is 1.34. The van der Waals surface area contributed by atoms with Crippen LogP contribution in [0.25, 0.3) is 0 Å². The number of ether oxygens (including phenoxy) is 2. The summed E-state index contributed by atoms with van der Waals surface area (Å²) in [5.41, 5.74) is 0.765. The topological polar surface area (TPSA) is 70.4 Å². The molecule has 0 aliphatic heterocycles. The van der Waals surface area contributed by atoms with Crippen molar-refractivity contribution in [2.24, 2.45) is 13.0 Å². The van der Waals surface area contributed by atoms with E-state index in [-0.39, 0.29) is 6.42 Å². The Bertz CT molecular complexity index is 370. The number of rotatable bonds is 4. The zero-order chi connectivity index (χ0) is 12.1. The molecule has 0 saturated carbocycles. The zero-order valence-corrected chi connectivity index (χ0v) is 9.47. The molecule has 0 aliphatic carbocycles. The van der Waals surface area contributed by atoms with E-state index in [1.165, 1.54) is 14.2 Å². The summed E-state index contributed by atoms with van der Waals surface area (Å²) in [7, 11) is 4.26. The van der Waals surface area contributed by atoms with Gasteiger partial charge in [0.15, 0.2) is 5.92 Å². The first-order chi connectivity index (χ1) is 7.60. The molecule has 1 rings (SSSR count). The van der Waals surface area contributed by atoms with Gasteiger partial charge >= 0.3 is 11.9 Å². The second kappa shape index (κ2) is 5.29. The molecule has 6 heteroatoms. The lowest BCUT2D eigenvalue weighted by Crippen LogP contribution is -2.29. The van der Waals surface area contributed by atoms with Crippen LogP contribution in [0.4, 0.5) is 0 Å². The van der Waals surface area contributed by atoms with Gasteiger partial charge in [-0.15, -0.1) is 0 Å². The van der Waals surface area contributed by atoms with E-state index in [1.807, 2.05) is 0 Å². The van der Waals surface area contributed by atoms with Gasteiger partial charge in [-0.1, -0.05) is 0 Å². The van der Waals surface area contributed by atoms with E-state index in [4.69, 9.17) is 0 Å². The number of carbonyl (C=O) groups is 2. The predicted octanol–water partition coefficient (Wildman–Crippen LogP) is -0.0752. The third kappa shape index (κ3) is 2.59. The van der Waals surface area contributed by atoms with Crippen molar-refractivity contribution in [2.45, 2.75) is 6.42 Å². The molecule has 0 radical (unpaired) electrons. The molecule has 88 valence electrons. The number of methoxy groups -OCH3 is 2. The minimum atomic E-state index is -0.939. The van der Waals surface area contributed by atoms with E-state index in [2.05, 4.69) is 14.5 Å². The average molecular weight is 226 g/mol. The van der Waals surface area contributed by atoms with Gasteiger partial charge in [-0.05, 0) is 0 Å². The van der Waals surface area contributed by atoms with Gasteiger partial charge in [0.25, 0.3) is 0 Å². The highest BCUT2D eigenvalue weighted by molar-refractivity contribution is 5.95. The van der Waals surface area contributed by atoms with Crippen LogP contribution in [-0.2, 0) is 32.5 Å². The molecule has 0 aromatic carbocycles. The number of carbonyl (C=O) groups excluding carboxylic acids is 2. The lowest BCUT2D eigenvalue weighted by atomic mass is 10.0. The van der Waals surface area contributed by atoms with Crippen molar-refractivity contribution < 1.29 is 19.1 Å². The van der Waals surface area contributed by atoms with Gasteiger partial charge in [0, 0.05) is 25.4 Å². The molecule has 1 aromatic heterocycles. The van der Waals surface area contributed by atoms with Crippen molar-refractivity contribution in [1.82, 2.24) is 9.55 Å². The predicted molar refractivity (Wildman–Crippen MR) is 54.4 cm³/mol. The normalized spacial score (nSPS) is 10.2. The van der Waals surface area contributed by atoms with Crippen LogP contribution in [0.3, 0.4) is 0 Å². The lowest BCUT2D eigenvalue weighted by Gasteiger charge is -2.12. The maximum atomic E-state index is 11.4. The summed E-state index contributed by atoms with van der Waals surface area (Å²) in [5.74, 6) is -2.15. The second-order valence-corrected chi connectivity index (χ2v) is 3.30. The van der Waals surface area contributed by atoms with Crippen molar-refractivity contribution in [3.63, 3.8) is 0 Å². The van der Waals surface area contributed by atoms with E-state index >= 15 is 0 Å². The Hall–Kier alpha value is -1.85. The molecule has 0 aliphatic rings. The number of imidazole rings is 1. The maximum Gasteiger partial charge on any atom is 0.320 e. The molecule has 0 unspecified atom stereocenters. The van der Waals surface area contributed by atoms with Crippen molar-refractivity contribution in [3.05, 3.63) is 18.2 Å². The van der Waals surface area contributed by atoms with E-state index in [9.17, 15) is 9.59 Å². The van der Waals surface area contributed by atoms with Crippen LogP contribution in [0, 0.1) is 5.92 Å². The molecule has 0 N–H and O–H groups in total. The van der Waals surface area contributed by atoms with Crippen molar-refractivity contribution in [3.8, 4) is 0 Å². The van der Waals surface area contributed by atoms with Crippen molar-refractivity contribution in [1.29, 1.82) is 0 Å². The molecule has 0 saturated heterocycles. The van der Waals surface area contributed by atoms with Crippen LogP contribution in [-0.4, -0.2) is 35.7 Å². The van der Waals surface area contributed by atoms with E-state index in [1.54, 1.807) is 24.1 Å². The monoisotopic (exact) mass is 226 g/mol. The van der Waals surface area contributed by atoms with Gasteiger partial charge in [-0.3, -0.25) is 9.59 Å². The summed E-state index contributed by atoms with van der Waals surface area (Å²) < 4.78 is 10.8. The molecule has 0 amide bonds. The average Bonchev–Trinajstić information content (AvgIpc) is 2.69. The van der Waals surface area contributed by atoms with Crippen LogP contribution in [0.1, 0.15) is 5.69 Å². The van der Waals surface area contributed by atoms with Gasteiger partial charge in [0.2, 0.25) is 0 Å². The SMILES string of the molecule is COC(=O)C(Cc1cncn1C)C(=O)OC. The molecule has 0 atom stereocenters. The third-order valence-corrected chi connectivity index (χ3v) is 2.30. The summed E-state index contributed by atoms with van der Waals surface area (Å²) in [6.07, 6.45) is 3.41. The molecular weight excluding hydrogens is 212 g/mol. The summed E-state index contributed by atoms with van der Waals surface area (Å²) >= 11 is 0. The highest BCUT2D eigenvalue weighted by Gasteiger charge is 2.29. The number of nitrogens with zero attached hydrogens (tertiary/aromatic N) is 2. The van der Waals surface area contributed by atoms with Crippen LogP contribution in [0.5, 0.6) is 0 Å². The summed E-state index contributed by atoms with van der Waals surface area (Å²) in [4.78, 5) is 26.7. The van der Waals surface area contributed by atoms with Crippen LogP contribution in [0.15, 0.2) is 12.5 Å². The number of hydrogen-bond donors (Lipinski definition) is 0. The Morgan fingerprint density at radius 1 is 1.38 bits per heavy atom. The van der Waals surface area contributed by atoms with Gasteiger partial charge in [0.05, 0.1) is 20.5 Å². The first kappa shape index (κ1) is 12.2. The standard InChI is InChI=1S/C10H14N2O4/c1-12-6-11-5-7(12)4-8(9(13)15-2)10(14)16-3/h5-6,8H,4H2,1-3H3. The molecular formula is C10H14N2O4. The first-order valence-corrected chi connectivity index (χ1v) is 4.71. The van der Waals surface area contributed by atoms with Gasteiger partial charge in [0.1, 0.15) is 0 Å². The smallest absolute Gasteiger partial charge is 0.320 e. The Kier molecular flexibility index (Phi) is 4.04.